The van der Waals surface area contributed by atoms with Crippen LogP contribution in [0.3, 0.4) is 0 Å². The summed E-state index contributed by atoms with van der Waals surface area (Å²) in [6.45, 7) is 11.1. The number of carbonyl (C=O) groups excluding carboxylic acids is 2. The maximum absolute atomic E-state index is 13.4. The molecule has 2 aromatic rings. The first-order valence-corrected chi connectivity index (χ1v) is 12.1. The number of benzene rings is 2. The molecule has 0 bridgehead atoms. The highest BCUT2D eigenvalue weighted by molar-refractivity contribution is 5.88. The molecular formula is C28H40N2O4. The molecule has 0 aliphatic rings. The van der Waals surface area contributed by atoms with E-state index in [1.54, 1.807) is 12.0 Å². The van der Waals surface area contributed by atoms with E-state index in [0.717, 1.165) is 29.7 Å². The summed E-state index contributed by atoms with van der Waals surface area (Å²) in [5.41, 5.74) is 1.84. The van der Waals surface area contributed by atoms with Crippen LogP contribution in [0.1, 0.15) is 65.0 Å². The van der Waals surface area contributed by atoms with Crippen LogP contribution in [-0.2, 0) is 21.5 Å². The second kappa shape index (κ2) is 13.0. The number of carbonyl (C=O) groups is 2. The second-order valence-corrected chi connectivity index (χ2v) is 9.47. The highest BCUT2D eigenvalue weighted by atomic mass is 16.5. The van der Waals surface area contributed by atoms with E-state index in [-0.39, 0.29) is 23.8 Å². The predicted molar refractivity (Wildman–Crippen MR) is 136 cm³/mol. The zero-order chi connectivity index (χ0) is 25.1. The van der Waals surface area contributed by atoms with Crippen molar-refractivity contribution in [1.82, 2.24) is 10.2 Å². The van der Waals surface area contributed by atoms with Gasteiger partial charge in [0.15, 0.2) is 6.61 Å². The van der Waals surface area contributed by atoms with Crippen molar-refractivity contribution in [2.24, 2.45) is 0 Å². The molecule has 1 atom stereocenters. The van der Waals surface area contributed by atoms with Crippen molar-refractivity contribution >= 4 is 11.8 Å². The van der Waals surface area contributed by atoms with Gasteiger partial charge in [0.2, 0.25) is 5.91 Å². The molecule has 2 aromatic carbocycles. The van der Waals surface area contributed by atoms with Crippen molar-refractivity contribution in [1.29, 1.82) is 0 Å². The second-order valence-electron chi connectivity index (χ2n) is 9.47. The number of ether oxygens (including phenoxy) is 2. The SMILES string of the molecule is CCCCNC(=O)[C@@H](CC)N(Cc1ccc(OC)cc1)C(=O)COc1ccccc1C(C)(C)C. The molecule has 2 amide bonds. The van der Waals surface area contributed by atoms with E-state index in [2.05, 4.69) is 33.0 Å². The molecule has 0 aliphatic carbocycles. The summed E-state index contributed by atoms with van der Waals surface area (Å²) in [7, 11) is 1.62. The fraction of sp³-hybridized carbons (Fsp3) is 0.500. The van der Waals surface area contributed by atoms with Crippen LogP contribution in [0.4, 0.5) is 0 Å². The Balaban J connectivity index is 2.24. The summed E-state index contributed by atoms with van der Waals surface area (Å²) >= 11 is 0. The Bertz CT molecular complexity index is 919. The number of amides is 2. The standard InChI is InChI=1S/C28H40N2O4/c1-7-9-18-29-27(32)24(8-2)30(19-21-14-16-22(33-6)17-15-21)26(31)20-34-25-13-11-10-12-23(25)28(3,4)5/h10-17,24H,7-9,18-20H2,1-6H3,(H,29,32)/t24-/m1/s1. The van der Waals surface area contributed by atoms with Gasteiger partial charge in [0.1, 0.15) is 17.5 Å². The van der Waals surface area contributed by atoms with Gasteiger partial charge in [-0.05, 0) is 47.6 Å². The fourth-order valence-corrected chi connectivity index (χ4v) is 3.79. The first kappa shape index (κ1) is 27.2. The largest absolute Gasteiger partial charge is 0.497 e. The molecule has 6 heteroatoms. The van der Waals surface area contributed by atoms with E-state index in [4.69, 9.17) is 9.47 Å². The Kier molecular flexibility index (Phi) is 10.4. The first-order chi connectivity index (χ1) is 16.2. The number of unbranched alkanes of at least 4 members (excludes halogenated alkanes) is 1. The van der Waals surface area contributed by atoms with Crippen molar-refractivity contribution in [2.75, 3.05) is 20.3 Å². The van der Waals surface area contributed by atoms with Crippen molar-refractivity contribution in [2.45, 2.75) is 71.9 Å². The van der Waals surface area contributed by atoms with Crippen LogP contribution in [0.2, 0.25) is 0 Å². The number of nitrogens with one attached hydrogen (secondary N) is 1. The molecule has 0 heterocycles. The van der Waals surface area contributed by atoms with E-state index in [0.29, 0.717) is 25.3 Å². The highest BCUT2D eigenvalue weighted by Crippen LogP contribution is 2.31. The third-order valence-corrected chi connectivity index (χ3v) is 5.77. The molecule has 0 saturated carbocycles. The number of methoxy groups -OCH3 is 1. The van der Waals surface area contributed by atoms with Gasteiger partial charge in [-0.3, -0.25) is 9.59 Å². The van der Waals surface area contributed by atoms with Gasteiger partial charge in [-0.25, -0.2) is 0 Å². The third-order valence-electron chi connectivity index (χ3n) is 5.77. The van der Waals surface area contributed by atoms with Gasteiger partial charge in [-0.2, -0.15) is 0 Å². The minimum Gasteiger partial charge on any atom is -0.497 e. The van der Waals surface area contributed by atoms with Crippen molar-refractivity contribution in [3.05, 3.63) is 59.7 Å². The zero-order valence-corrected chi connectivity index (χ0v) is 21.5. The quantitative estimate of drug-likeness (QED) is 0.440. The average molecular weight is 469 g/mol. The summed E-state index contributed by atoms with van der Waals surface area (Å²) < 4.78 is 11.3. The lowest BCUT2D eigenvalue weighted by Gasteiger charge is -2.31. The average Bonchev–Trinajstić information content (AvgIpc) is 2.82. The maximum atomic E-state index is 13.4. The van der Waals surface area contributed by atoms with Crippen LogP contribution in [0, 0.1) is 0 Å². The summed E-state index contributed by atoms with van der Waals surface area (Å²) in [5, 5.41) is 2.98. The van der Waals surface area contributed by atoms with Crippen LogP contribution in [-0.4, -0.2) is 43.0 Å². The monoisotopic (exact) mass is 468 g/mol. The van der Waals surface area contributed by atoms with Gasteiger partial charge >= 0.3 is 0 Å². The van der Waals surface area contributed by atoms with E-state index in [1.165, 1.54) is 0 Å². The molecule has 0 fully saturated rings. The Morgan fingerprint density at radius 1 is 1.03 bits per heavy atom. The van der Waals surface area contributed by atoms with Crippen molar-refractivity contribution in [3.63, 3.8) is 0 Å². The molecule has 1 N–H and O–H groups in total. The maximum Gasteiger partial charge on any atom is 0.261 e. The molecule has 0 unspecified atom stereocenters. The molecule has 0 aromatic heterocycles. The summed E-state index contributed by atoms with van der Waals surface area (Å²) in [6, 6.07) is 14.7. The molecule has 186 valence electrons. The van der Waals surface area contributed by atoms with Crippen LogP contribution >= 0.6 is 0 Å². The number of nitrogens with zero attached hydrogens (tertiary/aromatic N) is 1. The first-order valence-electron chi connectivity index (χ1n) is 12.1. The van der Waals surface area contributed by atoms with Gasteiger partial charge in [-0.1, -0.05) is 71.4 Å². The van der Waals surface area contributed by atoms with E-state index in [1.807, 2.05) is 55.5 Å². The van der Waals surface area contributed by atoms with Gasteiger partial charge in [0, 0.05) is 13.1 Å². The van der Waals surface area contributed by atoms with Crippen LogP contribution in [0.5, 0.6) is 11.5 Å². The Morgan fingerprint density at radius 2 is 1.71 bits per heavy atom. The van der Waals surface area contributed by atoms with E-state index >= 15 is 0 Å². The van der Waals surface area contributed by atoms with E-state index < -0.39 is 6.04 Å². The molecule has 0 radical (unpaired) electrons. The lowest BCUT2D eigenvalue weighted by atomic mass is 9.86. The number of hydrogen-bond acceptors (Lipinski definition) is 4. The lowest BCUT2D eigenvalue weighted by Crippen LogP contribution is -2.50. The van der Waals surface area contributed by atoms with Gasteiger partial charge in [0.25, 0.3) is 5.91 Å². The Labute approximate surface area is 204 Å². The highest BCUT2D eigenvalue weighted by Gasteiger charge is 2.29. The lowest BCUT2D eigenvalue weighted by molar-refractivity contribution is -0.143. The minimum atomic E-state index is -0.576. The molecule has 6 nitrogen and oxygen atoms in total. The summed E-state index contributed by atoms with van der Waals surface area (Å²) in [5.74, 6) is 1.08. The smallest absolute Gasteiger partial charge is 0.261 e. The zero-order valence-electron chi connectivity index (χ0n) is 21.5. The number of rotatable bonds is 12. The van der Waals surface area contributed by atoms with Crippen LogP contribution in [0.25, 0.3) is 0 Å². The molecular weight excluding hydrogens is 428 g/mol. The molecule has 0 aliphatic heterocycles. The fourth-order valence-electron chi connectivity index (χ4n) is 3.79. The Morgan fingerprint density at radius 3 is 2.29 bits per heavy atom. The minimum absolute atomic E-state index is 0.118. The van der Waals surface area contributed by atoms with Crippen LogP contribution < -0.4 is 14.8 Å². The van der Waals surface area contributed by atoms with Crippen molar-refractivity contribution < 1.29 is 19.1 Å². The van der Waals surface area contributed by atoms with E-state index in [9.17, 15) is 9.59 Å². The molecule has 2 rings (SSSR count). The molecule has 0 saturated heterocycles. The van der Waals surface area contributed by atoms with Gasteiger partial charge in [-0.15, -0.1) is 0 Å². The molecule has 34 heavy (non-hydrogen) atoms. The van der Waals surface area contributed by atoms with Crippen LogP contribution in [0.15, 0.2) is 48.5 Å². The number of para-hydroxylation sites is 1. The third kappa shape index (κ3) is 7.79. The topological polar surface area (TPSA) is 67.9 Å². The van der Waals surface area contributed by atoms with Gasteiger partial charge < -0.3 is 19.7 Å². The summed E-state index contributed by atoms with van der Waals surface area (Å²) in [6.07, 6.45) is 2.41. The Hall–Kier alpha value is -3.02. The normalized spacial score (nSPS) is 12.1. The number of hydrogen-bond donors (Lipinski definition) is 1. The van der Waals surface area contributed by atoms with Gasteiger partial charge in [0.05, 0.1) is 7.11 Å². The predicted octanol–water partition coefficient (Wildman–Crippen LogP) is 5.10. The van der Waals surface area contributed by atoms with Crippen molar-refractivity contribution in [3.8, 4) is 11.5 Å². The summed E-state index contributed by atoms with van der Waals surface area (Å²) in [4.78, 5) is 28.0. The molecule has 0 spiro atoms.